The summed E-state index contributed by atoms with van der Waals surface area (Å²) in [6.07, 6.45) is 20.0. The van der Waals surface area contributed by atoms with Gasteiger partial charge in [0.1, 0.15) is 13.6 Å². The summed E-state index contributed by atoms with van der Waals surface area (Å²) < 4.78 is 6.56. The maximum absolute atomic E-state index is 4.07. The lowest BCUT2D eigenvalue weighted by Crippen LogP contribution is -2.32. The molecule has 5 nitrogen and oxygen atoms in total. The number of rotatable bonds is 13. The molecule has 0 aliphatic rings. The number of unbranched alkanes of at least 4 members (excludes halogenated alkanes) is 1. The summed E-state index contributed by atoms with van der Waals surface area (Å²) in [5.41, 5.74) is 3.58. The summed E-state index contributed by atoms with van der Waals surface area (Å²) in [7, 11) is 2.10. The Morgan fingerprint density at radius 2 is 1.71 bits per heavy atom. The van der Waals surface area contributed by atoms with E-state index >= 15 is 0 Å². The highest BCUT2D eigenvalue weighted by Gasteiger charge is 2.06. The fourth-order valence-electron chi connectivity index (χ4n) is 3.78. The number of nitrogens with one attached hydrogen (secondary N) is 1. The van der Waals surface area contributed by atoms with Crippen LogP contribution in [0.4, 0.5) is 5.69 Å². The van der Waals surface area contributed by atoms with Gasteiger partial charge in [0.05, 0.1) is 6.33 Å². The third-order valence-electron chi connectivity index (χ3n) is 5.85. The van der Waals surface area contributed by atoms with Gasteiger partial charge in [-0.15, -0.1) is 0 Å². The van der Waals surface area contributed by atoms with Crippen LogP contribution in [-0.2, 0) is 20.1 Å². The molecule has 0 fully saturated rings. The van der Waals surface area contributed by atoms with Crippen LogP contribution in [0.2, 0.25) is 0 Å². The number of anilines is 1. The van der Waals surface area contributed by atoms with Gasteiger partial charge in [-0.25, -0.2) is 9.55 Å². The Labute approximate surface area is 213 Å². The van der Waals surface area contributed by atoms with Crippen molar-refractivity contribution in [1.29, 1.82) is 0 Å². The standard InChI is InChI=1S/C29H34N5S/c1-32-18-3-2-7-29(32)35-24-5-4-19-33-21-14-27(15-22-33)9-8-26-10-12-28(13-11-26)31-16-6-20-34-23-17-30-25-34/h2-3,7-15,17-18,21-23,25H,4-6,16,19-20,24H2,1H3/q+1/p+1. The van der Waals surface area contributed by atoms with Crippen molar-refractivity contribution in [1.82, 2.24) is 9.55 Å². The molecule has 0 amide bonds. The minimum Gasteiger partial charge on any atom is -0.385 e. The molecule has 0 unspecified atom stereocenters. The molecule has 0 radical (unpaired) electrons. The summed E-state index contributed by atoms with van der Waals surface area (Å²) in [6.45, 7) is 2.99. The van der Waals surface area contributed by atoms with Crippen molar-refractivity contribution in [3.05, 3.63) is 103 Å². The highest BCUT2D eigenvalue weighted by Crippen LogP contribution is 2.15. The molecule has 1 aromatic carbocycles. The van der Waals surface area contributed by atoms with Crippen LogP contribution in [0, 0.1) is 0 Å². The zero-order valence-corrected chi connectivity index (χ0v) is 21.3. The first-order valence-electron chi connectivity index (χ1n) is 12.3. The monoisotopic (exact) mass is 485 g/mol. The van der Waals surface area contributed by atoms with Crippen LogP contribution in [0.1, 0.15) is 30.4 Å². The van der Waals surface area contributed by atoms with Crippen molar-refractivity contribution in [2.24, 2.45) is 7.05 Å². The van der Waals surface area contributed by atoms with E-state index in [1.54, 1.807) is 0 Å². The largest absolute Gasteiger partial charge is 0.385 e. The molecule has 3 heterocycles. The first-order chi connectivity index (χ1) is 17.3. The smallest absolute Gasteiger partial charge is 0.239 e. The first kappa shape index (κ1) is 24.7. The summed E-state index contributed by atoms with van der Waals surface area (Å²) in [4.78, 5) is 4.07. The average Bonchev–Trinajstić information content (AvgIpc) is 3.41. The van der Waals surface area contributed by atoms with E-state index in [-0.39, 0.29) is 0 Å². The Hall–Kier alpha value is -3.38. The molecule has 4 rings (SSSR count). The number of pyridine rings is 2. The fraction of sp³-hybridized carbons (Fsp3) is 0.276. The fourth-order valence-corrected chi connectivity index (χ4v) is 4.77. The second-order valence-corrected chi connectivity index (χ2v) is 9.73. The van der Waals surface area contributed by atoms with E-state index in [0.29, 0.717) is 0 Å². The number of imidazole rings is 1. The van der Waals surface area contributed by atoms with E-state index < -0.39 is 0 Å². The number of nitrogens with zero attached hydrogens (tertiary/aromatic N) is 4. The molecule has 0 aliphatic carbocycles. The van der Waals surface area contributed by atoms with Crippen molar-refractivity contribution in [3.8, 4) is 0 Å². The third kappa shape index (κ3) is 8.41. The van der Waals surface area contributed by atoms with Gasteiger partial charge >= 0.3 is 0 Å². The number of hydrogen-bond acceptors (Lipinski definition) is 3. The molecule has 0 saturated heterocycles. The second kappa shape index (κ2) is 13.5. The van der Waals surface area contributed by atoms with Gasteiger partial charge in [0.15, 0.2) is 18.6 Å². The third-order valence-corrected chi connectivity index (χ3v) is 7.06. The van der Waals surface area contributed by atoms with Crippen LogP contribution in [0.15, 0.2) is 96.9 Å². The zero-order chi connectivity index (χ0) is 24.1. The van der Waals surface area contributed by atoms with Crippen LogP contribution in [0.5, 0.6) is 0 Å². The van der Waals surface area contributed by atoms with Crippen molar-refractivity contribution in [3.63, 3.8) is 0 Å². The first-order valence-corrected chi connectivity index (χ1v) is 13.3. The molecular weight excluding hydrogens is 450 g/mol. The van der Waals surface area contributed by atoms with E-state index in [0.717, 1.165) is 37.5 Å². The summed E-state index contributed by atoms with van der Waals surface area (Å²) >= 11 is 1.93. The van der Waals surface area contributed by atoms with Crippen LogP contribution in [0.25, 0.3) is 12.2 Å². The lowest BCUT2D eigenvalue weighted by molar-refractivity contribution is -0.708. The number of hydrogen-bond donors (Lipinski definition) is 1. The van der Waals surface area contributed by atoms with Crippen molar-refractivity contribution >= 4 is 29.6 Å². The van der Waals surface area contributed by atoms with Crippen LogP contribution < -0.4 is 14.5 Å². The minimum absolute atomic E-state index is 0.946. The maximum atomic E-state index is 4.07. The summed E-state index contributed by atoms with van der Waals surface area (Å²) in [5.74, 6) is 1.15. The molecule has 0 atom stereocenters. The van der Waals surface area contributed by atoms with Crippen molar-refractivity contribution in [2.75, 3.05) is 17.6 Å². The Kier molecular flexibility index (Phi) is 9.54. The molecule has 6 heteroatoms. The Morgan fingerprint density at radius 1 is 0.914 bits per heavy atom. The van der Waals surface area contributed by atoms with Gasteiger partial charge in [-0.05, 0) is 42.2 Å². The number of aryl methyl sites for hydroxylation is 3. The van der Waals surface area contributed by atoms with Gasteiger partial charge in [-0.1, -0.05) is 36.0 Å². The van der Waals surface area contributed by atoms with Gasteiger partial charge in [0, 0.05) is 67.6 Å². The second-order valence-electron chi connectivity index (χ2n) is 8.61. The van der Waals surface area contributed by atoms with E-state index in [2.05, 4.69) is 116 Å². The molecular formula is C29H35N5S+2. The minimum atomic E-state index is 0.946. The van der Waals surface area contributed by atoms with Crippen LogP contribution >= 0.6 is 11.8 Å². The number of aromatic nitrogens is 4. The lowest BCUT2D eigenvalue weighted by Gasteiger charge is -2.07. The molecule has 4 aromatic rings. The SMILES string of the molecule is C[n+]1ccccc1SCCCC[n+]1ccc(/C=C/c2ccc(NCCCn3ccnc3)cc2)cc1. The van der Waals surface area contributed by atoms with E-state index in [1.165, 1.54) is 29.0 Å². The Balaban J connectivity index is 1.14. The van der Waals surface area contributed by atoms with E-state index in [4.69, 9.17) is 0 Å². The molecule has 35 heavy (non-hydrogen) atoms. The normalized spacial score (nSPS) is 11.2. The maximum Gasteiger partial charge on any atom is 0.239 e. The molecule has 0 saturated carbocycles. The van der Waals surface area contributed by atoms with Gasteiger partial charge in [0.25, 0.3) is 0 Å². The Morgan fingerprint density at radius 3 is 2.46 bits per heavy atom. The zero-order valence-electron chi connectivity index (χ0n) is 20.5. The molecule has 0 spiro atoms. The molecule has 1 N–H and O–H groups in total. The molecule has 0 bridgehead atoms. The van der Waals surface area contributed by atoms with Gasteiger partial charge in [-0.2, -0.15) is 4.57 Å². The van der Waals surface area contributed by atoms with Gasteiger partial charge < -0.3 is 9.88 Å². The summed E-state index contributed by atoms with van der Waals surface area (Å²) in [6, 6.07) is 19.3. The molecule has 3 aromatic heterocycles. The van der Waals surface area contributed by atoms with E-state index in [9.17, 15) is 0 Å². The number of thioether (sulfide) groups is 1. The number of benzene rings is 1. The van der Waals surface area contributed by atoms with E-state index in [1.807, 2.05) is 30.5 Å². The van der Waals surface area contributed by atoms with Gasteiger partial charge in [-0.3, -0.25) is 0 Å². The van der Waals surface area contributed by atoms with Crippen molar-refractivity contribution < 1.29 is 9.13 Å². The lowest BCUT2D eigenvalue weighted by atomic mass is 10.1. The topological polar surface area (TPSA) is 37.6 Å². The molecule has 0 aliphatic heterocycles. The predicted octanol–water partition coefficient (Wildman–Crippen LogP) is 5.24. The summed E-state index contributed by atoms with van der Waals surface area (Å²) in [5, 5.41) is 4.81. The van der Waals surface area contributed by atoms with Crippen LogP contribution in [0.3, 0.4) is 0 Å². The quantitative estimate of drug-likeness (QED) is 0.160. The van der Waals surface area contributed by atoms with Crippen molar-refractivity contribution in [2.45, 2.75) is 37.4 Å². The van der Waals surface area contributed by atoms with Gasteiger partial charge in [0.2, 0.25) is 5.03 Å². The highest BCUT2D eigenvalue weighted by molar-refractivity contribution is 7.99. The highest BCUT2D eigenvalue weighted by atomic mass is 32.2. The Bertz CT molecular complexity index is 1170. The molecule has 180 valence electrons. The van der Waals surface area contributed by atoms with Crippen LogP contribution in [-0.4, -0.2) is 21.8 Å². The average molecular weight is 486 g/mol. The predicted molar refractivity (Wildman–Crippen MR) is 145 cm³/mol.